The van der Waals surface area contributed by atoms with Crippen molar-refractivity contribution in [2.45, 2.75) is 6.04 Å². The molecule has 5 nitrogen and oxygen atoms in total. The predicted octanol–water partition coefficient (Wildman–Crippen LogP) is 0.582. The fraction of sp³-hybridized carbons (Fsp3) is 0.462. The molecule has 1 aliphatic heterocycles. The quantitative estimate of drug-likeness (QED) is 0.612. The molecular weight excluding hydrogens is 234 g/mol. The van der Waals surface area contributed by atoms with Crippen molar-refractivity contribution < 1.29 is 19.0 Å². The Morgan fingerprint density at radius 2 is 2.06 bits per heavy atom. The van der Waals surface area contributed by atoms with E-state index >= 15 is 0 Å². The number of benzene rings is 1. The standard InChI is InChI=1S/C13H17NO4/c14-12-9-16-8-11(12)13(15)18-7-6-17-10-4-2-1-3-5-10/h1-5,11-12H,6-9,14H2. The van der Waals surface area contributed by atoms with Gasteiger partial charge in [0.05, 0.1) is 19.1 Å². The molecular formula is C13H17NO4. The van der Waals surface area contributed by atoms with Crippen LogP contribution in [0, 0.1) is 5.92 Å². The van der Waals surface area contributed by atoms with Gasteiger partial charge in [0.1, 0.15) is 19.0 Å². The maximum Gasteiger partial charge on any atom is 0.313 e. The molecule has 0 aliphatic carbocycles. The van der Waals surface area contributed by atoms with Crippen molar-refractivity contribution in [1.29, 1.82) is 0 Å². The third kappa shape index (κ3) is 3.45. The van der Waals surface area contributed by atoms with E-state index in [1.807, 2.05) is 30.3 Å². The maximum atomic E-state index is 11.6. The van der Waals surface area contributed by atoms with E-state index in [2.05, 4.69) is 0 Å². The van der Waals surface area contributed by atoms with Gasteiger partial charge in [-0.05, 0) is 12.1 Å². The van der Waals surface area contributed by atoms with Gasteiger partial charge in [0, 0.05) is 6.04 Å². The second-order valence-electron chi connectivity index (χ2n) is 4.14. The van der Waals surface area contributed by atoms with E-state index in [-0.39, 0.29) is 24.5 Å². The fourth-order valence-corrected chi connectivity index (χ4v) is 1.74. The first-order valence-electron chi connectivity index (χ1n) is 5.95. The number of carbonyl (C=O) groups excluding carboxylic acids is 1. The maximum absolute atomic E-state index is 11.6. The SMILES string of the molecule is NC1COCC1C(=O)OCCOc1ccccc1. The zero-order valence-electron chi connectivity index (χ0n) is 10.1. The summed E-state index contributed by atoms with van der Waals surface area (Å²) < 4.78 is 15.6. The molecule has 2 atom stereocenters. The molecule has 1 heterocycles. The fourth-order valence-electron chi connectivity index (χ4n) is 1.74. The van der Waals surface area contributed by atoms with Gasteiger partial charge < -0.3 is 19.9 Å². The van der Waals surface area contributed by atoms with Crippen molar-refractivity contribution in [2.24, 2.45) is 11.7 Å². The molecule has 2 rings (SSSR count). The first-order chi connectivity index (χ1) is 8.77. The van der Waals surface area contributed by atoms with Crippen LogP contribution in [0.3, 0.4) is 0 Å². The van der Waals surface area contributed by atoms with Gasteiger partial charge in [-0.1, -0.05) is 18.2 Å². The highest BCUT2D eigenvalue weighted by Crippen LogP contribution is 2.13. The number of esters is 1. The van der Waals surface area contributed by atoms with E-state index in [1.54, 1.807) is 0 Å². The van der Waals surface area contributed by atoms with Gasteiger partial charge in [-0.3, -0.25) is 4.79 Å². The van der Waals surface area contributed by atoms with Crippen LogP contribution in [0.4, 0.5) is 0 Å². The number of ether oxygens (including phenoxy) is 3. The second kappa shape index (κ2) is 6.37. The molecule has 98 valence electrons. The number of carbonyl (C=O) groups is 1. The smallest absolute Gasteiger partial charge is 0.313 e. The Kier molecular flexibility index (Phi) is 4.55. The lowest BCUT2D eigenvalue weighted by atomic mass is 10.1. The third-order valence-electron chi connectivity index (χ3n) is 2.77. The lowest BCUT2D eigenvalue weighted by Gasteiger charge is -2.12. The van der Waals surface area contributed by atoms with Gasteiger partial charge in [-0.15, -0.1) is 0 Å². The number of hydrogen-bond donors (Lipinski definition) is 1. The minimum Gasteiger partial charge on any atom is -0.490 e. The van der Waals surface area contributed by atoms with Crippen molar-refractivity contribution >= 4 is 5.97 Å². The Labute approximate surface area is 106 Å². The van der Waals surface area contributed by atoms with Crippen molar-refractivity contribution in [2.75, 3.05) is 26.4 Å². The van der Waals surface area contributed by atoms with E-state index in [0.29, 0.717) is 19.8 Å². The third-order valence-corrected chi connectivity index (χ3v) is 2.77. The number of rotatable bonds is 5. The normalized spacial score (nSPS) is 22.7. The first-order valence-corrected chi connectivity index (χ1v) is 5.95. The Morgan fingerprint density at radius 1 is 1.28 bits per heavy atom. The van der Waals surface area contributed by atoms with Crippen LogP contribution in [0.25, 0.3) is 0 Å². The molecule has 2 unspecified atom stereocenters. The van der Waals surface area contributed by atoms with Crippen LogP contribution in [-0.2, 0) is 14.3 Å². The number of para-hydroxylation sites is 1. The Balaban J connectivity index is 1.65. The summed E-state index contributed by atoms with van der Waals surface area (Å²) in [5, 5.41) is 0. The highest BCUT2D eigenvalue weighted by atomic mass is 16.6. The van der Waals surface area contributed by atoms with Crippen LogP contribution in [0.1, 0.15) is 0 Å². The van der Waals surface area contributed by atoms with Crippen molar-refractivity contribution in [1.82, 2.24) is 0 Å². The van der Waals surface area contributed by atoms with E-state index < -0.39 is 0 Å². The zero-order valence-corrected chi connectivity index (χ0v) is 10.1. The molecule has 0 aromatic heterocycles. The molecule has 2 N–H and O–H groups in total. The summed E-state index contributed by atoms with van der Waals surface area (Å²) in [6.45, 7) is 1.31. The molecule has 0 amide bonds. The Morgan fingerprint density at radius 3 is 2.72 bits per heavy atom. The van der Waals surface area contributed by atoms with Gasteiger partial charge in [-0.25, -0.2) is 0 Å². The molecule has 1 fully saturated rings. The van der Waals surface area contributed by atoms with Gasteiger partial charge in [0.2, 0.25) is 0 Å². The molecule has 18 heavy (non-hydrogen) atoms. The summed E-state index contributed by atoms with van der Waals surface area (Å²) in [5.41, 5.74) is 5.72. The average molecular weight is 251 g/mol. The van der Waals surface area contributed by atoms with Crippen LogP contribution in [0.2, 0.25) is 0 Å². The van der Waals surface area contributed by atoms with Gasteiger partial charge in [-0.2, -0.15) is 0 Å². The summed E-state index contributed by atoms with van der Waals surface area (Å²) in [6.07, 6.45) is 0. The molecule has 1 aromatic rings. The molecule has 0 bridgehead atoms. The summed E-state index contributed by atoms with van der Waals surface area (Å²) in [5.74, 6) is 0.104. The largest absolute Gasteiger partial charge is 0.490 e. The van der Waals surface area contributed by atoms with Gasteiger partial charge in [0.15, 0.2) is 0 Å². The topological polar surface area (TPSA) is 70.8 Å². The number of nitrogens with two attached hydrogens (primary N) is 1. The monoisotopic (exact) mass is 251 g/mol. The summed E-state index contributed by atoms with van der Waals surface area (Å²) in [6, 6.07) is 9.12. The lowest BCUT2D eigenvalue weighted by molar-refractivity contribution is -0.149. The van der Waals surface area contributed by atoms with Crippen LogP contribution in [-0.4, -0.2) is 38.4 Å². The minimum atomic E-state index is -0.346. The van der Waals surface area contributed by atoms with E-state index in [0.717, 1.165) is 5.75 Å². The Hall–Kier alpha value is -1.59. The van der Waals surface area contributed by atoms with Crippen LogP contribution < -0.4 is 10.5 Å². The second-order valence-corrected chi connectivity index (χ2v) is 4.14. The van der Waals surface area contributed by atoms with Gasteiger partial charge in [0.25, 0.3) is 0 Å². The zero-order chi connectivity index (χ0) is 12.8. The highest BCUT2D eigenvalue weighted by Gasteiger charge is 2.32. The average Bonchev–Trinajstić information content (AvgIpc) is 2.82. The lowest BCUT2D eigenvalue weighted by Crippen LogP contribution is -2.35. The van der Waals surface area contributed by atoms with Crippen molar-refractivity contribution in [3.05, 3.63) is 30.3 Å². The predicted molar refractivity (Wildman–Crippen MR) is 65.2 cm³/mol. The van der Waals surface area contributed by atoms with E-state index in [4.69, 9.17) is 19.9 Å². The van der Waals surface area contributed by atoms with Crippen LogP contribution in [0.15, 0.2) is 30.3 Å². The van der Waals surface area contributed by atoms with Crippen LogP contribution >= 0.6 is 0 Å². The molecule has 0 saturated carbocycles. The summed E-state index contributed by atoms with van der Waals surface area (Å²) in [4.78, 5) is 11.6. The van der Waals surface area contributed by atoms with E-state index in [1.165, 1.54) is 0 Å². The van der Waals surface area contributed by atoms with Crippen molar-refractivity contribution in [3.8, 4) is 5.75 Å². The van der Waals surface area contributed by atoms with Crippen LogP contribution in [0.5, 0.6) is 5.75 Å². The minimum absolute atomic E-state index is 0.219. The molecule has 0 radical (unpaired) electrons. The Bertz CT molecular complexity index is 382. The van der Waals surface area contributed by atoms with Crippen molar-refractivity contribution in [3.63, 3.8) is 0 Å². The molecule has 1 aliphatic rings. The number of hydrogen-bond acceptors (Lipinski definition) is 5. The summed E-state index contributed by atoms with van der Waals surface area (Å²) >= 11 is 0. The molecule has 0 spiro atoms. The molecule has 5 heteroatoms. The molecule has 1 saturated heterocycles. The van der Waals surface area contributed by atoms with Gasteiger partial charge >= 0.3 is 5.97 Å². The summed E-state index contributed by atoms with van der Waals surface area (Å²) in [7, 11) is 0. The highest BCUT2D eigenvalue weighted by molar-refractivity contribution is 5.73. The molecule has 1 aromatic carbocycles. The van der Waals surface area contributed by atoms with E-state index in [9.17, 15) is 4.79 Å². The first kappa shape index (κ1) is 12.9.